The predicted molar refractivity (Wildman–Crippen MR) is 344 cm³/mol. The standard InChI is InChI=1S/2C20H17BrN6O.C10H6BrNO2.C10H13N5.BH.U/c2*1-12(2)27-11-23-26-19(27)16-4-3-5-18(24-16)25-20(28)14-7-6-13-8-15(21)10-22-17(13)9-14;11-8-3-6-1-2-7(10(13)14)4-9(6)12-5-8;1-7(2)15-6-12-14-10(15)8-4-3-5-9(11)13-8;;/h2*3-12H,1-2H3,(H,24,25,28);1-5H,(H,13,14);3-7H,1-2H3,(H2,11,13);1H;/i;;;;1T;. The second-order valence-corrected chi connectivity index (χ2v) is 22.4. The summed E-state index contributed by atoms with van der Waals surface area (Å²) >= 11 is 10.1. The van der Waals surface area contributed by atoms with E-state index in [-0.39, 0.29) is 60.6 Å². The molecule has 0 saturated heterocycles. The zero-order valence-electron chi connectivity index (χ0n) is 48.5. The number of aromatic nitrogens is 15. The van der Waals surface area contributed by atoms with E-state index in [0.29, 0.717) is 63.2 Å². The Morgan fingerprint density at radius 2 is 0.828 bits per heavy atom. The summed E-state index contributed by atoms with van der Waals surface area (Å²) in [5, 5.41) is 41.4. The summed E-state index contributed by atoms with van der Waals surface area (Å²) < 4.78 is 13.7. The Hall–Kier alpha value is -8.47. The van der Waals surface area contributed by atoms with Crippen molar-refractivity contribution in [2.75, 3.05) is 16.4 Å². The predicted octanol–water partition coefficient (Wildman–Crippen LogP) is 12.5. The van der Waals surface area contributed by atoms with Gasteiger partial charge >= 0.3 is 5.97 Å². The molecule has 0 fully saturated rings. The van der Waals surface area contributed by atoms with E-state index < -0.39 is 5.97 Å². The van der Waals surface area contributed by atoms with Gasteiger partial charge in [-0.15, -0.1) is 30.6 Å². The number of halogens is 3. The van der Waals surface area contributed by atoms with Gasteiger partial charge in [-0.2, -0.15) is 0 Å². The molecule has 9 aromatic heterocycles. The second-order valence-electron chi connectivity index (χ2n) is 19.6. The Labute approximate surface area is 551 Å². The molecule has 2 radical (unpaired) electrons. The van der Waals surface area contributed by atoms with Crippen molar-refractivity contribution >= 4 is 124 Å². The summed E-state index contributed by atoms with van der Waals surface area (Å²) in [5.74, 6) is 2.02. The van der Waals surface area contributed by atoms with E-state index in [1.165, 1.54) is 0 Å². The molecule has 27 heteroatoms. The number of amides is 2. The maximum atomic E-state index is 12.7. The van der Waals surface area contributed by atoms with Gasteiger partial charge in [-0.1, -0.05) is 36.4 Å². The quantitative estimate of drug-likeness (QED) is 0.0875. The smallest absolute Gasteiger partial charge is 0.335 e. The number of hydrogen-bond acceptors (Lipinski definition) is 16. The topological polar surface area (TPSA) is 291 Å². The van der Waals surface area contributed by atoms with Crippen LogP contribution in [0.25, 0.3) is 67.3 Å². The summed E-state index contributed by atoms with van der Waals surface area (Å²) in [6, 6.07) is 38.5. The number of nitrogens with zero attached hydrogens (tertiary/aromatic N) is 15. The van der Waals surface area contributed by atoms with Crippen LogP contribution < -0.4 is 16.4 Å². The Morgan fingerprint density at radius 1 is 0.494 bits per heavy atom. The molecule has 0 aliphatic rings. The van der Waals surface area contributed by atoms with Crippen LogP contribution in [0.1, 0.15) is 90.7 Å². The molecule has 12 rings (SSSR count). The van der Waals surface area contributed by atoms with E-state index in [4.69, 9.17) is 12.2 Å². The van der Waals surface area contributed by atoms with Crippen LogP contribution in [0.4, 0.5) is 17.5 Å². The van der Waals surface area contributed by atoms with Gasteiger partial charge in [-0.25, -0.2) is 19.7 Å². The SMILES string of the molecule is CC(C)n1cnnc1-c1cccc(N)n1.CC(C)n1cnnc1-c1cccc(NC(=O)c2ccc3cc(Br)cnc3c2)n1.CC(C)n1cnnc1-c1cccc(NC(=O)c2ccc3cc(Br)cnc3c2)n1.O=C(O)c1ccc2cc(Br)cnc2c1.[3H][B].[U]. The van der Waals surface area contributed by atoms with Gasteiger partial charge in [0.2, 0.25) is 0 Å². The summed E-state index contributed by atoms with van der Waals surface area (Å²) in [6.07, 6.45) is 10.1. The van der Waals surface area contributed by atoms with E-state index in [1.807, 2.05) is 108 Å². The zero-order chi connectivity index (χ0) is 62.3. The van der Waals surface area contributed by atoms with Gasteiger partial charge < -0.3 is 35.2 Å². The Balaban J connectivity index is 0.000000172. The van der Waals surface area contributed by atoms with Crippen LogP contribution in [0.3, 0.4) is 0 Å². The molecule has 436 valence electrons. The average molecular weight is 1580 g/mol. The van der Waals surface area contributed by atoms with Crippen molar-refractivity contribution in [2.45, 2.75) is 59.7 Å². The normalized spacial score (nSPS) is 10.8. The molecule has 0 atom stereocenters. The number of pyridine rings is 6. The fraction of sp³-hybridized carbons (Fsp3) is 0.150. The van der Waals surface area contributed by atoms with Crippen LogP contribution in [0, 0.1) is 31.1 Å². The molecule has 0 unspecified atom stereocenters. The molecule has 5 N–H and O–H groups in total. The largest absolute Gasteiger partial charge is 0.478 e. The van der Waals surface area contributed by atoms with E-state index in [9.17, 15) is 14.4 Å². The molecule has 12 aromatic rings. The molecular formula is C60H54BBr3N18O4U. The summed E-state index contributed by atoms with van der Waals surface area (Å²) in [6.45, 7) is 12.3. The first-order chi connectivity index (χ1) is 41.9. The zero-order valence-corrected chi connectivity index (χ0v) is 56.4. The number of carbonyl (C=O) groups is 3. The van der Waals surface area contributed by atoms with Crippen LogP contribution in [0.15, 0.2) is 178 Å². The number of rotatable bonds is 11. The number of fused-ring (bicyclic) bond motifs is 3. The van der Waals surface area contributed by atoms with Crippen molar-refractivity contribution in [1.82, 2.24) is 74.2 Å². The number of carbonyl (C=O) groups excluding carboxylic acids is 2. The molecule has 22 nitrogen and oxygen atoms in total. The monoisotopic (exact) mass is 1580 g/mol. The molecular weight excluding hydrogens is 1530 g/mol. The van der Waals surface area contributed by atoms with E-state index in [2.05, 4.69) is 141 Å². The van der Waals surface area contributed by atoms with Crippen molar-refractivity contribution in [3.8, 4) is 34.6 Å². The fourth-order valence-electron chi connectivity index (χ4n) is 8.32. The Morgan fingerprint density at radius 3 is 1.17 bits per heavy atom. The van der Waals surface area contributed by atoms with E-state index >= 15 is 0 Å². The van der Waals surface area contributed by atoms with Crippen LogP contribution >= 0.6 is 47.8 Å². The fourth-order valence-corrected chi connectivity index (χ4v) is 9.37. The first kappa shape index (κ1) is 64.5. The minimum absolute atomic E-state index is 0. The van der Waals surface area contributed by atoms with E-state index in [1.54, 1.807) is 98.2 Å². The third-order valence-corrected chi connectivity index (χ3v) is 13.9. The number of benzene rings is 3. The molecule has 0 spiro atoms. The third-order valence-electron chi connectivity index (χ3n) is 12.6. The molecule has 87 heavy (non-hydrogen) atoms. The van der Waals surface area contributed by atoms with Gasteiger partial charge in [0.05, 0.1) is 22.1 Å². The molecule has 0 aliphatic carbocycles. The molecule has 0 saturated carbocycles. The first-order valence-corrected chi connectivity index (χ1v) is 28.6. The van der Waals surface area contributed by atoms with Crippen molar-refractivity contribution in [2.24, 2.45) is 0 Å². The summed E-state index contributed by atoms with van der Waals surface area (Å²) in [4.78, 5) is 62.1. The number of anilines is 3. The van der Waals surface area contributed by atoms with Crippen LogP contribution in [-0.4, -0.2) is 107 Å². The van der Waals surface area contributed by atoms with Crippen LogP contribution in [0.5, 0.6) is 0 Å². The second kappa shape index (κ2) is 30.2. The van der Waals surface area contributed by atoms with Crippen molar-refractivity contribution < 1.29 is 50.6 Å². The molecule has 0 aliphatic heterocycles. The van der Waals surface area contributed by atoms with Gasteiger partial charge in [0.25, 0.3) is 11.8 Å². The molecule has 2 amide bonds. The maximum absolute atomic E-state index is 12.7. The van der Waals surface area contributed by atoms with Gasteiger partial charge in [-0.05, 0) is 182 Å². The van der Waals surface area contributed by atoms with E-state index in [0.717, 1.165) is 52.1 Å². The number of carboxylic acids is 1. The van der Waals surface area contributed by atoms with Gasteiger partial charge in [0.15, 0.2) is 17.5 Å². The van der Waals surface area contributed by atoms with Crippen LogP contribution in [-0.2, 0) is 0 Å². The van der Waals surface area contributed by atoms with Crippen LogP contribution in [0.2, 0.25) is 0 Å². The van der Waals surface area contributed by atoms with Gasteiger partial charge in [-0.3, -0.25) is 24.5 Å². The average Bonchev–Trinajstić information content (AvgIpc) is 4.42. The molecule has 3 aromatic carbocycles. The number of aromatic carboxylic acids is 1. The third kappa shape index (κ3) is 16.9. The van der Waals surface area contributed by atoms with Crippen molar-refractivity contribution in [3.63, 3.8) is 0 Å². The number of nitrogens with one attached hydrogen (secondary N) is 2. The minimum atomic E-state index is -0.934. The van der Waals surface area contributed by atoms with Gasteiger partial charge in [0, 0.05) is 117 Å². The summed E-state index contributed by atoms with van der Waals surface area (Å²) in [5.41, 5.74) is 11.1. The van der Waals surface area contributed by atoms with Crippen molar-refractivity contribution in [3.05, 3.63) is 195 Å². The minimum Gasteiger partial charge on any atom is -0.478 e. The summed E-state index contributed by atoms with van der Waals surface area (Å²) in [7, 11) is 3.75. The van der Waals surface area contributed by atoms with Crippen molar-refractivity contribution in [1.29, 1.82) is 1.34 Å². The maximum Gasteiger partial charge on any atom is 0.335 e. The molecule has 9 heterocycles. The number of nitrogen functional groups attached to an aromatic ring is 1. The first-order valence-electron chi connectivity index (χ1n) is 26.8. The number of nitrogens with two attached hydrogens (primary N) is 1. The number of carboxylic acid groups (broad SMARTS) is 1. The van der Waals surface area contributed by atoms with Gasteiger partial charge in [0.1, 0.15) is 53.5 Å². The Kier molecular flexibility index (Phi) is 22.4. The molecule has 0 bridgehead atoms. The Bertz CT molecular complexity index is 4210. The number of hydrogen-bond donors (Lipinski definition) is 4.